The number of carboxylic acids is 1. The molecule has 0 atom stereocenters. The molecule has 1 N–H and O–H groups in total. The highest BCUT2D eigenvalue weighted by Crippen LogP contribution is 2.16. The second kappa shape index (κ2) is 8.53. The molecule has 134 valence electrons. The van der Waals surface area contributed by atoms with E-state index in [0.717, 1.165) is 23.1 Å². The van der Waals surface area contributed by atoms with E-state index in [9.17, 15) is 13.2 Å². The van der Waals surface area contributed by atoms with Gasteiger partial charge in [0.1, 0.15) is 11.5 Å². The van der Waals surface area contributed by atoms with E-state index in [1.54, 1.807) is 24.3 Å². The van der Waals surface area contributed by atoms with Crippen molar-refractivity contribution in [3.8, 4) is 11.5 Å². The van der Waals surface area contributed by atoms with Gasteiger partial charge in [0.2, 0.25) is 0 Å². The number of carbonyl (C=O) groups is 1. The third-order valence-corrected chi connectivity index (χ3v) is 3.88. The van der Waals surface area contributed by atoms with Gasteiger partial charge in [-0.15, -0.1) is 0 Å². The highest BCUT2D eigenvalue weighted by molar-refractivity contribution is 7.86. The predicted molar refractivity (Wildman–Crippen MR) is 93.5 cm³/mol. The van der Waals surface area contributed by atoms with Gasteiger partial charge < -0.3 is 14.0 Å². The molecule has 2 rings (SSSR count). The molecule has 0 amide bonds. The third-order valence-electron chi connectivity index (χ3n) is 3.38. The molecule has 0 heterocycles. The summed E-state index contributed by atoms with van der Waals surface area (Å²) in [4.78, 5) is 10.5. The first-order chi connectivity index (χ1) is 11.8. The van der Waals surface area contributed by atoms with Crippen LogP contribution < -0.4 is 8.92 Å². The Morgan fingerprint density at radius 3 is 1.96 bits per heavy atom. The fourth-order valence-corrected chi connectivity index (χ4v) is 2.64. The Morgan fingerprint density at radius 1 is 0.920 bits per heavy atom. The van der Waals surface area contributed by atoms with E-state index in [1.807, 2.05) is 24.3 Å². The Bertz CT molecular complexity index is 794. The molecule has 0 aliphatic rings. The Hall–Kier alpha value is -2.54. The third kappa shape index (κ3) is 7.26. The van der Waals surface area contributed by atoms with Gasteiger partial charge in [-0.2, -0.15) is 8.42 Å². The molecule has 0 radical (unpaired) electrons. The number of hydrogen-bond donors (Lipinski definition) is 1. The van der Waals surface area contributed by atoms with Crippen molar-refractivity contribution in [3.05, 3.63) is 59.7 Å². The second-order valence-electron chi connectivity index (χ2n) is 5.57. The van der Waals surface area contributed by atoms with Gasteiger partial charge >= 0.3 is 16.1 Å². The number of aryl methyl sites for hydroxylation is 1. The summed E-state index contributed by atoms with van der Waals surface area (Å²) in [5.41, 5.74) is 1.95. The Labute approximate surface area is 147 Å². The monoisotopic (exact) mass is 364 g/mol. The summed E-state index contributed by atoms with van der Waals surface area (Å²) in [7, 11) is -3.51. The van der Waals surface area contributed by atoms with Crippen LogP contribution >= 0.6 is 0 Å². The summed E-state index contributed by atoms with van der Waals surface area (Å²) in [6.45, 7) is 0.473. The summed E-state index contributed by atoms with van der Waals surface area (Å²) >= 11 is 0. The van der Waals surface area contributed by atoms with Crippen molar-refractivity contribution in [2.24, 2.45) is 0 Å². The van der Waals surface area contributed by atoms with Gasteiger partial charge in [0.25, 0.3) is 0 Å². The van der Waals surface area contributed by atoms with Crippen molar-refractivity contribution < 1.29 is 27.2 Å². The number of hydrogen-bond acceptors (Lipinski definition) is 5. The Balaban J connectivity index is 1.79. The van der Waals surface area contributed by atoms with E-state index < -0.39 is 16.1 Å². The quantitative estimate of drug-likeness (QED) is 0.688. The van der Waals surface area contributed by atoms with E-state index in [4.69, 9.17) is 14.0 Å². The smallest absolute Gasteiger partial charge is 0.306 e. The van der Waals surface area contributed by atoms with Crippen LogP contribution in [0.3, 0.4) is 0 Å². The van der Waals surface area contributed by atoms with Crippen molar-refractivity contribution in [1.29, 1.82) is 0 Å². The highest BCUT2D eigenvalue weighted by atomic mass is 32.2. The average Bonchev–Trinajstić information content (AvgIpc) is 2.54. The zero-order chi connectivity index (χ0) is 18.3. The molecule has 0 saturated heterocycles. The van der Waals surface area contributed by atoms with Crippen molar-refractivity contribution in [3.63, 3.8) is 0 Å². The number of rotatable bonds is 9. The van der Waals surface area contributed by atoms with E-state index in [0.29, 0.717) is 19.4 Å². The molecule has 2 aromatic rings. The van der Waals surface area contributed by atoms with Crippen LogP contribution in [0.25, 0.3) is 0 Å². The van der Waals surface area contributed by atoms with Crippen LogP contribution in [-0.4, -0.2) is 32.4 Å². The molecular formula is C18H20O6S. The SMILES string of the molecule is CS(=O)(=O)Oc1ccc(CCOc2ccc(CCC(=O)O)cc2)cc1. The zero-order valence-corrected chi connectivity index (χ0v) is 14.7. The lowest BCUT2D eigenvalue weighted by Gasteiger charge is -2.08. The fourth-order valence-electron chi connectivity index (χ4n) is 2.18. The molecular weight excluding hydrogens is 344 g/mol. The van der Waals surface area contributed by atoms with Gasteiger partial charge in [0.15, 0.2) is 0 Å². The van der Waals surface area contributed by atoms with Gasteiger partial charge in [-0.05, 0) is 41.8 Å². The molecule has 0 aliphatic heterocycles. The highest BCUT2D eigenvalue weighted by Gasteiger charge is 2.04. The summed E-state index contributed by atoms with van der Waals surface area (Å²) in [5.74, 6) is 0.188. The first-order valence-electron chi connectivity index (χ1n) is 7.74. The molecule has 0 unspecified atom stereocenters. The van der Waals surface area contributed by atoms with Gasteiger partial charge in [-0.25, -0.2) is 0 Å². The molecule has 0 bridgehead atoms. The van der Waals surface area contributed by atoms with Gasteiger partial charge in [0.05, 0.1) is 12.9 Å². The Morgan fingerprint density at radius 2 is 1.44 bits per heavy atom. The minimum atomic E-state index is -3.51. The lowest BCUT2D eigenvalue weighted by atomic mass is 10.1. The number of ether oxygens (including phenoxy) is 1. The van der Waals surface area contributed by atoms with E-state index in [-0.39, 0.29) is 12.2 Å². The van der Waals surface area contributed by atoms with Crippen LogP contribution in [0.15, 0.2) is 48.5 Å². The number of carboxylic acid groups (broad SMARTS) is 1. The summed E-state index contributed by atoms with van der Waals surface area (Å²) in [6, 6.07) is 14.1. The number of aliphatic carboxylic acids is 1. The van der Waals surface area contributed by atoms with E-state index in [2.05, 4.69) is 0 Å². The largest absolute Gasteiger partial charge is 0.493 e. The second-order valence-corrected chi connectivity index (χ2v) is 7.14. The summed E-state index contributed by atoms with van der Waals surface area (Å²) in [5, 5.41) is 8.66. The van der Waals surface area contributed by atoms with Crippen molar-refractivity contribution >= 4 is 16.1 Å². The molecule has 0 spiro atoms. The molecule has 25 heavy (non-hydrogen) atoms. The molecule has 7 heteroatoms. The molecule has 6 nitrogen and oxygen atoms in total. The minimum Gasteiger partial charge on any atom is -0.493 e. The average molecular weight is 364 g/mol. The first-order valence-corrected chi connectivity index (χ1v) is 9.55. The molecule has 0 fully saturated rings. The molecule has 2 aromatic carbocycles. The zero-order valence-electron chi connectivity index (χ0n) is 13.8. The lowest BCUT2D eigenvalue weighted by molar-refractivity contribution is -0.136. The summed E-state index contributed by atoms with van der Waals surface area (Å²) in [6.07, 6.45) is 2.28. The van der Waals surface area contributed by atoms with Crippen LogP contribution in [-0.2, 0) is 27.8 Å². The Kier molecular flexibility index (Phi) is 6.41. The minimum absolute atomic E-state index is 0.110. The lowest BCUT2D eigenvalue weighted by Crippen LogP contribution is -2.06. The molecule has 0 aliphatic carbocycles. The van der Waals surface area contributed by atoms with Crippen molar-refractivity contribution in [1.82, 2.24) is 0 Å². The summed E-state index contributed by atoms with van der Waals surface area (Å²) < 4.78 is 32.5. The van der Waals surface area contributed by atoms with Gasteiger partial charge in [0, 0.05) is 12.8 Å². The van der Waals surface area contributed by atoms with Crippen LogP contribution in [0.4, 0.5) is 0 Å². The van der Waals surface area contributed by atoms with E-state index >= 15 is 0 Å². The van der Waals surface area contributed by atoms with E-state index in [1.165, 1.54) is 0 Å². The maximum atomic E-state index is 11.0. The van der Waals surface area contributed by atoms with Crippen LogP contribution in [0.1, 0.15) is 17.5 Å². The fraction of sp³-hybridized carbons (Fsp3) is 0.278. The van der Waals surface area contributed by atoms with Crippen LogP contribution in [0, 0.1) is 0 Å². The first kappa shape index (κ1) is 18.8. The van der Waals surface area contributed by atoms with Gasteiger partial charge in [-0.3, -0.25) is 4.79 Å². The molecule has 0 aromatic heterocycles. The predicted octanol–water partition coefficient (Wildman–Crippen LogP) is 2.66. The maximum absolute atomic E-state index is 11.0. The molecule has 0 saturated carbocycles. The normalized spacial score (nSPS) is 11.1. The standard InChI is InChI=1S/C18H20O6S/c1-25(21,22)24-17-9-4-15(5-10-17)12-13-23-16-7-2-14(3-8-16)6-11-18(19)20/h2-5,7-10H,6,11-13H2,1H3,(H,19,20). The van der Waals surface area contributed by atoms with Crippen molar-refractivity contribution in [2.45, 2.75) is 19.3 Å². The topological polar surface area (TPSA) is 89.9 Å². The van der Waals surface area contributed by atoms with Crippen LogP contribution in [0.5, 0.6) is 11.5 Å². The van der Waals surface area contributed by atoms with Crippen LogP contribution in [0.2, 0.25) is 0 Å². The maximum Gasteiger partial charge on any atom is 0.306 e. The number of benzene rings is 2. The van der Waals surface area contributed by atoms with Gasteiger partial charge in [-0.1, -0.05) is 24.3 Å². The van der Waals surface area contributed by atoms with Crippen molar-refractivity contribution in [2.75, 3.05) is 12.9 Å².